The Labute approximate surface area is 140 Å². The number of carbonyl (C=O) groups excluding carboxylic acids is 2. The van der Waals surface area contributed by atoms with Gasteiger partial charge < -0.3 is 15.0 Å². The molecular formula is C16H21N3O3S. The van der Waals surface area contributed by atoms with Crippen molar-refractivity contribution in [3.8, 4) is 0 Å². The van der Waals surface area contributed by atoms with Gasteiger partial charge in [-0.1, -0.05) is 11.8 Å². The average Bonchev–Trinajstić information content (AvgIpc) is 3.07. The summed E-state index contributed by atoms with van der Waals surface area (Å²) in [5.41, 5.74) is 0.834. The summed E-state index contributed by atoms with van der Waals surface area (Å²) in [5.74, 6) is -0.132. The number of amides is 2. The molecule has 0 aromatic carbocycles. The number of carbonyl (C=O) groups is 2. The second-order valence-corrected chi connectivity index (χ2v) is 6.85. The molecule has 0 saturated carbocycles. The van der Waals surface area contributed by atoms with Gasteiger partial charge in [0.15, 0.2) is 0 Å². The number of ether oxygens (including phenoxy) is 1. The Hall–Kier alpha value is -1.60. The first-order valence-corrected chi connectivity index (χ1v) is 8.88. The lowest BCUT2D eigenvalue weighted by Crippen LogP contribution is -2.43. The van der Waals surface area contributed by atoms with Crippen LogP contribution in [0.2, 0.25) is 0 Å². The predicted octanol–water partition coefficient (Wildman–Crippen LogP) is 1.59. The minimum absolute atomic E-state index is 0.0229. The van der Waals surface area contributed by atoms with Crippen molar-refractivity contribution in [1.82, 2.24) is 10.3 Å². The highest BCUT2D eigenvalue weighted by Crippen LogP contribution is 2.38. The molecule has 7 heteroatoms. The van der Waals surface area contributed by atoms with Crippen LogP contribution in [0.5, 0.6) is 0 Å². The molecule has 6 nitrogen and oxygen atoms in total. The van der Waals surface area contributed by atoms with Crippen LogP contribution in [0.15, 0.2) is 23.4 Å². The number of rotatable bonds is 5. The van der Waals surface area contributed by atoms with Crippen molar-refractivity contribution in [1.29, 1.82) is 0 Å². The Bertz CT molecular complexity index is 590. The van der Waals surface area contributed by atoms with E-state index >= 15 is 0 Å². The van der Waals surface area contributed by atoms with Gasteiger partial charge in [-0.2, -0.15) is 0 Å². The first kappa shape index (κ1) is 16.3. The number of pyridine rings is 1. The van der Waals surface area contributed by atoms with Crippen LogP contribution in [0.25, 0.3) is 0 Å². The van der Waals surface area contributed by atoms with Crippen LogP contribution in [0.4, 0.5) is 5.69 Å². The monoisotopic (exact) mass is 335 g/mol. The fraction of sp³-hybridized carbons (Fsp3) is 0.562. The lowest BCUT2D eigenvalue weighted by atomic mass is 10.2. The smallest absolute Gasteiger partial charge is 0.241 e. The molecule has 2 amide bonds. The van der Waals surface area contributed by atoms with Crippen molar-refractivity contribution in [2.45, 2.75) is 42.6 Å². The Kier molecular flexibility index (Phi) is 5.17. The van der Waals surface area contributed by atoms with Crippen molar-refractivity contribution in [2.75, 3.05) is 24.6 Å². The number of fused-ring (bicyclic) bond motifs is 1. The van der Waals surface area contributed by atoms with E-state index in [2.05, 4.69) is 10.3 Å². The first-order chi connectivity index (χ1) is 11.2. The van der Waals surface area contributed by atoms with Gasteiger partial charge in [-0.05, 0) is 31.9 Å². The number of anilines is 1. The predicted molar refractivity (Wildman–Crippen MR) is 88.5 cm³/mol. The van der Waals surface area contributed by atoms with Gasteiger partial charge in [-0.25, -0.2) is 4.98 Å². The molecule has 2 aliphatic heterocycles. The first-order valence-electron chi connectivity index (χ1n) is 8.00. The molecule has 2 atom stereocenters. The number of hydrogen-bond acceptors (Lipinski definition) is 5. The topological polar surface area (TPSA) is 71.5 Å². The van der Waals surface area contributed by atoms with Crippen LogP contribution in [-0.4, -0.2) is 47.8 Å². The number of hydrogen-bond donors (Lipinski definition) is 1. The molecule has 1 N–H and O–H groups in total. The molecule has 0 aliphatic carbocycles. The van der Waals surface area contributed by atoms with Gasteiger partial charge in [-0.3, -0.25) is 9.59 Å². The standard InChI is InChI=1S/C16H21N3O3S/c1-2-19-12-6-3-7-17-15(12)23-13(16(19)21)9-14(20)18-10-11-5-4-8-22-11/h3,6-7,11,13H,2,4-5,8-10H2,1H3,(H,18,20). The second-order valence-electron chi connectivity index (χ2n) is 5.66. The van der Waals surface area contributed by atoms with E-state index in [1.165, 1.54) is 11.8 Å². The molecule has 124 valence electrons. The number of nitrogens with zero attached hydrogens (tertiary/aromatic N) is 2. The van der Waals surface area contributed by atoms with Gasteiger partial charge in [0.25, 0.3) is 0 Å². The number of thioether (sulfide) groups is 1. The summed E-state index contributed by atoms with van der Waals surface area (Å²) in [5, 5.41) is 3.28. The fourth-order valence-electron chi connectivity index (χ4n) is 2.88. The Morgan fingerprint density at radius 2 is 2.43 bits per heavy atom. The highest BCUT2D eigenvalue weighted by atomic mass is 32.2. The van der Waals surface area contributed by atoms with Gasteiger partial charge >= 0.3 is 0 Å². The van der Waals surface area contributed by atoms with Crippen LogP contribution in [-0.2, 0) is 14.3 Å². The third-order valence-electron chi connectivity index (χ3n) is 4.08. The molecule has 2 aliphatic rings. The minimum atomic E-state index is -0.415. The zero-order valence-electron chi connectivity index (χ0n) is 13.2. The van der Waals surface area contributed by atoms with E-state index in [0.29, 0.717) is 13.1 Å². The summed E-state index contributed by atoms with van der Waals surface area (Å²) in [6.45, 7) is 3.80. The molecule has 1 fully saturated rings. The summed E-state index contributed by atoms with van der Waals surface area (Å²) < 4.78 is 5.49. The van der Waals surface area contributed by atoms with Crippen molar-refractivity contribution < 1.29 is 14.3 Å². The highest BCUT2D eigenvalue weighted by molar-refractivity contribution is 8.00. The zero-order valence-corrected chi connectivity index (χ0v) is 14.0. The van der Waals surface area contributed by atoms with Crippen LogP contribution in [0, 0.1) is 0 Å². The Morgan fingerprint density at radius 3 is 3.17 bits per heavy atom. The van der Waals surface area contributed by atoms with Crippen LogP contribution >= 0.6 is 11.8 Å². The fourth-order valence-corrected chi connectivity index (χ4v) is 4.04. The summed E-state index contributed by atoms with van der Waals surface area (Å²) in [4.78, 5) is 30.8. The van der Waals surface area contributed by atoms with E-state index < -0.39 is 5.25 Å². The molecule has 1 aromatic heterocycles. The van der Waals surface area contributed by atoms with E-state index in [-0.39, 0.29) is 24.3 Å². The summed E-state index contributed by atoms with van der Waals surface area (Å²) in [7, 11) is 0. The largest absolute Gasteiger partial charge is 0.376 e. The zero-order chi connectivity index (χ0) is 16.2. The van der Waals surface area contributed by atoms with Crippen LogP contribution < -0.4 is 10.2 Å². The molecule has 1 saturated heterocycles. The lowest BCUT2D eigenvalue weighted by molar-refractivity contribution is -0.125. The lowest BCUT2D eigenvalue weighted by Gasteiger charge is -2.31. The molecule has 0 radical (unpaired) electrons. The number of aromatic nitrogens is 1. The molecule has 23 heavy (non-hydrogen) atoms. The Balaban J connectivity index is 1.61. The molecule has 1 aromatic rings. The van der Waals surface area contributed by atoms with Gasteiger partial charge in [0.1, 0.15) is 5.03 Å². The van der Waals surface area contributed by atoms with Gasteiger partial charge in [-0.15, -0.1) is 0 Å². The SMILES string of the molecule is CCN1C(=O)C(CC(=O)NCC2CCCO2)Sc2ncccc21. The normalized spacial score (nSPS) is 23.7. The molecule has 3 rings (SSSR count). The molecule has 0 bridgehead atoms. The molecule has 3 heterocycles. The maximum atomic E-state index is 12.6. The molecule has 0 spiro atoms. The van der Waals surface area contributed by atoms with E-state index in [1.807, 2.05) is 19.1 Å². The maximum absolute atomic E-state index is 12.6. The highest BCUT2D eigenvalue weighted by Gasteiger charge is 2.34. The molecule has 2 unspecified atom stereocenters. The maximum Gasteiger partial charge on any atom is 0.241 e. The van der Waals surface area contributed by atoms with Crippen molar-refractivity contribution >= 4 is 29.3 Å². The van der Waals surface area contributed by atoms with Crippen molar-refractivity contribution in [2.24, 2.45) is 0 Å². The van der Waals surface area contributed by atoms with E-state index in [0.717, 1.165) is 30.2 Å². The van der Waals surface area contributed by atoms with Gasteiger partial charge in [0.2, 0.25) is 11.8 Å². The number of nitrogens with one attached hydrogen (secondary N) is 1. The third kappa shape index (κ3) is 3.67. The minimum Gasteiger partial charge on any atom is -0.376 e. The van der Waals surface area contributed by atoms with Crippen LogP contribution in [0.3, 0.4) is 0 Å². The van der Waals surface area contributed by atoms with Crippen molar-refractivity contribution in [3.05, 3.63) is 18.3 Å². The average molecular weight is 335 g/mol. The van der Waals surface area contributed by atoms with Crippen molar-refractivity contribution in [3.63, 3.8) is 0 Å². The van der Waals surface area contributed by atoms with E-state index in [9.17, 15) is 9.59 Å². The molecular weight excluding hydrogens is 314 g/mol. The summed E-state index contributed by atoms with van der Waals surface area (Å²) in [6.07, 6.45) is 4.03. The summed E-state index contributed by atoms with van der Waals surface area (Å²) in [6, 6.07) is 3.72. The van der Waals surface area contributed by atoms with E-state index in [4.69, 9.17) is 4.74 Å². The second kappa shape index (κ2) is 7.31. The van der Waals surface area contributed by atoms with Gasteiger partial charge in [0, 0.05) is 32.3 Å². The Morgan fingerprint density at radius 1 is 1.57 bits per heavy atom. The third-order valence-corrected chi connectivity index (χ3v) is 5.27. The quantitative estimate of drug-likeness (QED) is 0.885. The summed E-state index contributed by atoms with van der Waals surface area (Å²) >= 11 is 1.38. The van der Waals surface area contributed by atoms with Crippen LogP contribution in [0.1, 0.15) is 26.2 Å². The van der Waals surface area contributed by atoms with E-state index in [1.54, 1.807) is 11.1 Å². The van der Waals surface area contributed by atoms with Gasteiger partial charge in [0.05, 0.1) is 17.0 Å².